The van der Waals surface area contributed by atoms with Crippen LogP contribution in [-0.4, -0.2) is 30.8 Å². The maximum Gasteiger partial charge on any atom is 0.266 e. The molecule has 26 heavy (non-hydrogen) atoms. The highest BCUT2D eigenvalue weighted by atomic mass is 35.5. The molecule has 3 rings (SSSR count). The number of benzene rings is 2. The first kappa shape index (κ1) is 18.2. The number of rotatable bonds is 4. The summed E-state index contributed by atoms with van der Waals surface area (Å²) in [5.41, 5.74) is 2.74. The fourth-order valence-electron chi connectivity index (χ4n) is 2.53. The van der Waals surface area contributed by atoms with Crippen molar-refractivity contribution in [2.75, 3.05) is 19.4 Å². The minimum Gasteiger partial charge on any atom is -0.345 e. The van der Waals surface area contributed by atoms with Gasteiger partial charge < -0.3 is 10.2 Å². The second kappa shape index (κ2) is 7.72. The molecule has 0 saturated carbocycles. The monoisotopic (exact) mass is 384 g/mol. The van der Waals surface area contributed by atoms with Gasteiger partial charge in [0, 0.05) is 25.3 Å². The third kappa shape index (κ3) is 3.79. The topological polar surface area (TPSA) is 49.4 Å². The number of anilines is 1. The van der Waals surface area contributed by atoms with Crippen molar-refractivity contribution in [3.05, 3.63) is 75.4 Å². The van der Waals surface area contributed by atoms with Crippen LogP contribution in [0.25, 0.3) is 11.1 Å². The summed E-state index contributed by atoms with van der Waals surface area (Å²) < 4.78 is 0. The number of carbonyl (C=O) groups is 2. The van der Waals surface area contributed by atoms with Crippen molar-refractivity contribution in [1.29, 1.82) is 0 Å². The average molecular weight is 385 g/mol. The predicted molar refractivity (Wildman–Crippen MR) is 107 cm³/mol. The van der Waals surface area contributed by atoms with E-state index in [9.17, 15) is 9.59 Å². The lowest BCUT2D eigenvalue weighted by Gasteiger charge is -2.13. The summed E-state index contributed by atoms with van der Waals surface area (Å²) in [6, 6.07) is 16.6. The van der Waals surface area contributed by atoms with E-state index in [1.54, 1.807) is 32.3 Å². The molecular weight excluding hydrogens is 368 g/mol. The van der Waals surface area contributed by atoms with Crippen LogP contribution in [0.5, 0.6) is 0 Å². The zero-order valence-corrected chi connectivity index (χ0v) is 15.9. The molecule has 0 unspecified atom stereocenters. The molecule has 1 heterocycles. The molecule has 132 valence electrons. The summed E-state index contributed by atoms with van der Waals surface area (Å²) in [5, 5.41) is 5.10. The molecule has 4 nitrogen and oxygen atoms in total. The lowest BCUT2D eigenvalue weighted by atomic mass is 10.1. The Kier molecular flexibility index (Phi) is 5.40. The molecule has 6 heteroatoms. The van der Waals surface area contributed by atoms with Crippen LogP contribution in [0.15, 0.2) is 60.0 Å². The van der Waals surface area contributed by atoms with Gasteiger partial charge in [0.2, 0.25) is 0 Å². The zero-order chi connectivity index (χ0) is 18.7. The zero-order valence-electron chi connectivity index (χ0n) is 14.3. The van der Waals surface area contributed by atoms with Crippen LogP contribution >= 0.6 is 22.9 Å². The highest BCUT2D eigenvalue weighted by Crippen LogP contribution is 2.29. The fourth-order valence-corrected chi connectivity index (χ4v) is 3.54. The third-order valence-electron chi connectivity index (χ3n) is 3.82. The maximum atomic E-state index is 12.7. The van der Waals surface area contributed by atoms with E-state index in [1.165, 1.54) is 16.2 Å². The molecule has 0 spiro atoms. The van der Waals surface area contributed by atoms with E-state index in [2.05, 4.69) is 5.32 Å². The van der Waals surface area contributed by atoms with Crippen LogP contribution in [0, 0.1) is 0 Å². The number of nitrogens with one attached hydrogen (secondary N) is 1. The van der Waals surface area contributed by atoms with Crippen LogP contribution in [0.4, 0.5) is 5.69 Å². The van der Waals surface area contributed by atoms with Crippen molar-refractivity contribution >= 4 is 40.4 Å². The van der Waals surface area contributed by atoms with Gasteiger partial charge in [-0.25, -0.2) is 0 Å². The number of hydrogen-bond acceptors (Lipinski definition) is 3. The SMILES string of the molecule is CN(C)C(=O)c1cc(NC(=O)c2sccc2-c2ccccc2)ccc1Cl. The van der Waals surface area contributed by atoms with Crippen molar-refractivity contribution in [1.82, 2.24) is 4.90 Å². The summed E-state index contributed by atoms with van der Waals surface area (Å²) in [6.07, 6.45) is 0. The van der Waals surface area contributed by atoms with Gasteiger partial charge in [-0.2, -0.15) is 0 Å². The largest absolute Gasteiger partial charge is 0.345 e. The summed E-state index contributed by atoms with van der Waals surface area (Å²) >= 11 is 7.50. The van der Waals surface area contributed by atoms with E-state index in [0.717, 1.165) is 11.1 Å². The van der Waals surface area contributed by atoms with Crippen LogP contribution in [0.1, 0.15) is 20.0 Å². The highest BCUT2D eigenvalue weighted by molar-refractivity contribution is 7.12. The Hall–Kier alpha value is -2.63. The minimum absolute atomic E-state index is 0.216. The number of halogens is 1. The molecule has 1 aromatic heterocycles. The fraction of sp³-hybridized carbons (Fsp3) is 0.100. The lowest BCUT2D eigenvalue weighted by molar-refractivity contribution is 0.0827. The number of nitrogens with zero attached hydrogens (tertiary/aromatic N) is 1. The van der Waals surface area contributed by atoms with Crippen molar-refractivity contribution in [3.8, 4) is 11.1 Å². The normalized spacial score (nSPS) is 10.4. The summed E-state index contributed by atoms with van der Waals surface area (Å²) in [5.74, 6) is -0.434. The van der Waals surface area contributed by atoms with E-state index in [4.69, 9.17) is 11.6 Å². The third-order valence-corrected chi connectivity index (χ3v) is 5.06. The van der Waals surface area contributed by atoms with Gasteiger partial charge >= 0.3 is 0 Å². The van der Waals surface area contributed by atoms with Crippen LogP contribution < -0.4 is 5.32 Å². The Bertz CT molecular complexity index is 951. The van der Waals surface area contributed by atoms with Gasteiger partial charge in [0.05, 0.1) is 15.5 Å². The Morgan fingerprint density at radius 2 is 1.77 bits per heavy atom. The van der Waals surface area contributed by atoms with Gasteiger partial charge in [-0.15, -0.1) is 11.3 Å². The molecule has 0 fully saturated rings. The molecule has 0 aliphatic rings. The van der Waals surface area contributed by atoms with Gasteiger partial charge in [-0.3, -0.25) is 9.59 Å². The van der Waals surface area contributed by atoms with Gasteiger partial charge in [-0.1, -0.05) is 41.9 Å². The second-order valence-electron chi connectivity index (χ2n) is 5.88. The molecule has 0 saturated heterocycles. The Morgan fingerprint density at radius 3 is 2.46 bits per heavy atom. The predicted octanol–water partition coefficient (Wildman–Crippen LogP) is 5.02. The van der Waals surface area contributed by atoms with Gasteiger partial charge in [0.25, 0.3) is 11.8 Å². The molecular formula is C20H17ClN2O2S. The van der Waals surface area contributed by atoms with Crippen LogP contribution in [-0.2, 0) is 0 Å². The van der Waals surface area contributed by atoms with E-state index < -0.39 is 0 Å². The molecule has 2 amide bonds. The van der Waals surface area contributed by atoms with E-state index in [0.29, 0.717) is 21.2 Å². The standard InChI is InChI=1S/C20H17ClN2O2S/c1-23(2)20(25)16-12-14(8-9-17(16)21)22-19(24)18-15(10-11-26-18)13-6-4-3-5-7-13/h3-12H,1-2H3,(H,22,24). The second-order valence-corrected chi connectivity index (χ2v) is 7.20. The molecule has 3 aromatic rings. The Morgan fingerprint density at radius 1 is 1.04 bits per heavy atom. The van der Waals surface area contributed by atoms with E-state index in [-0.39, 0.29) is 11.8 Å². The van der Waals surface area contributed by atoms with Crippen LogP contribution in [0.2, 0.25) is 5.02 Å². The molecule has 0 aliphatic heterocycles. The van der Waals surface area contributed by atoms with E-state index in [1.807, 2.05) is 41.8 Å². The summed E-state index contributed by atoms with van der Waals surface area (Å²) in [7, 11) is 3.31. The van der Waals surface area contributed by atoms with Crippen molar-refractivity contribution in [2.24, 2.45) is 0 Å². The van der Waals surface area contributed by atoms with Crippen molar-refractivity contribution in [3.63, 3.8) is 0 Å². The number of thiophene rings is 1. The van der Waals surface area contributed by atoms with Crippen LogP contribution in [0.3, 0.4) is 0 Å². The van der Waals surface area contributed by atoms with Gasteiger partial charge in [0.1, 0.15) is 0 Å². The minimum atomic E-state index is -0.218. The lowest BCUT2D eigenvalue weighted by Crippen LogP contribution is -2.22. The Balaban J connectivity index is 1.87. The molecule has 0 radical (unpaired) electrons. The molecule has 0 bridgehead atoms. The first-order valence-electron chi connectivity index (χ1n) is 7.93. The van der Waals surface area contributed by atoms with Gasteiger partial charge in [0.15, 0.2) is 0 Å². The smallest absolute Gasteiger partial charge is 0.266 e. The first-order chi connectivity index (χ1) is 12.5. The molecule has 2 aromatic carbocycles. The number of hydrogen-bond donors (Lipinski definition) is 1. The molecule has 0 atom stereocenters. The number of carbonyl (C=O) groups excluding carboxylic acids is 2. The molecule has 0 aliphatic carbocycles. The summed E-state index contributed by atoms with van der Waals surface area (Å²) in [4.78, 5) is 27.0. The highest BCUT2D eigenvalue weighted by Gasteiger charge is 2.17. The number of amides is 2. The average Bonchev–Trinajstić information content (AvgIpc) is 3.13. The maximum absolute atomic E-state index is 12.7. The quantitative estimate of drug-likeness (QED) is 0.686. The Labute approximate surface area is 161 Å². The molecule has 1 N–H and O–H groups in total. The van der Waals surface area contributed by atoms with Crippen molar-refractivity contribution in [2.45, 2.75) is 0 Å². The van der Waals surface area contributed by atoms with Crippen molar-refractivity contribution < 1.29 is 9.59 Å². The van der Waals surface area contributed by atoms with Gasteiger partial charge in [-0.05, 0) is 35.2 Å². The summed E-state index contributed by atoms with van der Waals surface area (Å²) in [6.45, 7) is 0. The first-order valence-corrected chi connectivity index (χ1v) is 9.18. The van der Waals surface area contributed by atoms with E-state index >= 15 is 0 Å².